The summed E-state index contributed by atoms with van der Waals surface area (Å²) in [7, 11) is 0. The summed E-state index contributed by atoms with van der Waals surface area (Å²) in [6.45, 7) is 2.07. The van der Waals surface area contributed by atoms with E-state index in [-0.39, 0.29) is 6.04 Å². The zero-order chi connectivity index (χ0) is 17.8. The minimum absolute atomic E-state index is 0.258. The van der Waals surface area contributed by atoms with Crippen molar-refractivity contribution in [3.05, 3.63) is 102 Å². The normalized spacial score (nSPS) is 12.5. The smallest absolute Gasteiger partial charge is 0.174 e. The minimum Gasteiger partial charge on any atom is -0.259 e. The Morgan fingerprint density at radius 2 is 1.62 bits per heavy atom. The summed E-state index contributed by atoms with van der Waals surface area (Å²) in [5.41, 5.74) is 3.97. The lowest BCUT2D eigenvalue weighted by Gasteiger charge is -2.11. The van der Waals surface area contributed by atoms with E-state index < -0.39 is 0 Å². The average molecular weight is 338 g/mol. The van der Waals surface area contributed by atoms with E-state index >= 15 is 0 Å². The number of fused-ring (bicyclic) bond motifs is 1. The largest absolute Gasteiger partial charge is 0.259 e. The van der Waals surface area contributed by atoms with Crippen molar-refractivity contribution in [1.29, 1.82) is 0 Å². The summed E-state index contributed by atoms with van der Waals surface area (Å²) >= 11 is 0. The number of para-hydroxylation sites is 1. The SMILES string of the molecule is Cc1cc(N=NC(c2ccccc2)c2ccccn2)nc2ccccc12. The van der Waals surface area contributed by atoms with Crippen molar-refractivity contribution in [3.63, 3.8) is 0 Å². The molecule has 0 bridgehead atoms. The number of rotatable bonds is 4. The van der Waals surface area contributed by atoms with Crippen LogP contribution in [0.15, 0.2) is 95.3 Å². The maximum atomic E-state index is 4.61. The maximum absolute atomic E-state index is 4.61. The second-order valence-corrected chi connectivity index (χ2v) is 6.10. The average Bonchev–Trinajstić information content (AvgIpc) is 2.70. The van der Waals surface area contributed by atoms with Crippen molar-refractivity contribution in [2.75, 3.05) is 0 Å². The number of aromatic nitrogens is 2. The van der Waals surface area contributed by atoms with Gasteiger partial charge in [0.15, 0.2) is 5.82 Å². The monoisotopic (exact) mass is 338 g/mol. The van der Waals surface area contributed by atoms with E-state index in [1.54, 1.807) is 6.20 Å². The quantitative estimate of drug-likeness (QED) is 0.441. The van der Waals surface area contributed by atoms with E-state index in [0.29, 0.717) is 5.82 Å². The van der Waals surface area contributed by atoms with Gasteiger partial charge in [0.2, 0.25) is 0 Å². The fourth-order valence-electron chi connectivity index (χ4n) is 2.97. The summed E-state index contributed by atoms with van der Waals surface area (Å²) in [4.78, 5) is 9.08. The molecule has 2 aromatic carbocycles. The van der Waals surface area contributed by atoms with Crippen molar-refractivity contribution in [2.24, 2.45) is 10.2 Å². The maximum Gasteiger partial charge on any atom is 0.174 e. The molecule has 2 aromatic heterocycles. The molecule has 26 heavy (non-hydrogen) atoms. The molecule has 0 saturated heterocycles. The number of aryl methyl sites for hydroxylation is 1. The van der Waals surface area contributed by atoms with Crippen LogP contribution in [0.5, 0.6) is 0 Å². The molecule has 4 heteroatoms. The first-order valence-corrected chi connectivity index (χ1v) is 8.54. The van der Waals surface area contributed by atoms with Crippen LogP contribution in [-0.4, -0.2) is 9.97 Å². The highest BCUT2D eigenvalue weighted by Crippen LogP contribution is 2.27. The van der Waals surface area contributed by atoms with Crippen LogP contribution < -0.4 is 0 Å². The van der Waals surface area contributed by atoms with E-state index in [4.69, 9.17) is 0 Å². The number of nitrogens with zero attached hydrogens (tertiary/aromatic N) is 4. The molecule has 0 aliphatic heterocycles. The second-order valence-electron chi connectivity index (χ2n) is 6.10. The predicted octanol–water partition coefficient (Wildman–Crippen LogP) is 5.81. The molecule has 0 saturated carbocycles. The Hall–Kier alpha value is -3.40. The molecule has 0 spiro atoms. The van der Waals surface area contributed by atoms with Gasteiger partial charge in [-0.2, -0.15) is 5.11 Å². The highest BCUT2D eigenvalue weighted by molar-refractivity contribution is 5.83. The molecule has 0 radical (unpaired) electrons. The number of azo groups is 1. The first kappa shape index (κ1) is 16.1. The van der Waals surface area contributed by atoms with Crippen molar-refractivity contribution >= 4 is 16.7 Å². The Morgan fingerprint density at radius 3 is 2.42 bits per heavy atom. The molecular weight excluding hydrogens is 320 g/mol. The molecule has 4 rings (SSSR count). The zero-order valence-electron chi connectivity index (χ0n) is 14.4. The summed E-state index contributed by atoms with van der Waals surface area (Å²) in [6, 6.07) is 25.7. The zero-order valence-corrected chi connectivity index (χ0v) is 14.4. The molecule has 2 heterocycles. The lowest BCUT2D eigenvalue weighted by Crippen LogP contribution is -1.99. The van der Waals surface area contributed by atoms with Crippen molar-refractivity contribution in [3.8, 4) is 0 Å². The Morgan fingerprint density at radius 1 is 0.846 bits per heavy atom. The van der Waals surface area contributed by atoms with Crippen LogP contribution in [-0.2, 0) is 0 Å². The third-order valence-corrected chi connectivity index (χ3v) is 4.27. The van der Waals surface area contributed by atoms with Gasteiger partial charge in [0, 0.05) is 11.6 Å². The molecule has 126 valence electrons. The molecule has 1 unspecified atom stereocenters. The van der Waals surface area contributed by atoms with Crippen LogP contribution in [0.25, 0.3) is 10.9 Å². The molecule has 0 aliphatic carbocycles. The van der Waals surface area contributed by atoms with Gasteiger partial charge in [-0.05, 0) is 42.3 Å². The van der Waals surface area contributed by atoms with Gasteiger partial charge in [0.05, 0.1) is 11.2 Å². The third-order valence-electron chi connectivity index (χ3n) is 4.27. The van der Waals surface area contributed by atoms with Gasteiger partial charge in [0.1, 0.15) is 6.04 Å². The van der Waals surface area contributed by atoms with Gasteiger partial charge < -0.3 is 0 Å². The van der Waals surface area contributed by atoms with Gasteiger partial charge in [-0.1, -0.05) is 54.6 Å². The Balaban J connectivity index is 1.74. The Kier molecular flexibility index (Phi) is 4.48. The number of hydrogen-bond acceptors (Lipinski definition) is 4. The van der Waals surface area contributed by atoms with E-state index in [1.165, 1.54) is 0 Å². The van der Waals surface area contributed by atoms with Crippen LogP contribution in [0.1, 0.15) is 22.9 Å². The lowest BCUT2D eigenvalue weighted by molar-refractivity contribution is 0.775. The fourth-order valence-corrected chi connectivity index (χ4v) is 2.97. The molecule has 0 fully saturated rings. The predicted molar refractivity (Wildman–Crippen MR) is 104 cm³/mol. The van der Waals surface area contributed by atoms with Gasteiger partial charge >= 0.3 is 0 Å². The van der Waals surface area contributed by atoms with Gasteiger partial charge in [-0.3, -0.25) is 4.98 Å². The number of pyridine rings is 2. The minimum atomic E-state index is -0.258. The summed E-state index contributed by atoms with van der Waals surface area (Å²) in [5.74, 6) is 0.609. The van der Waals surface area contributed by atoms with Crippen LogP contribution in [0.4, 0.5) is 5.82 Å². The second kappa shape index (κ2) is 7.23. The molecule has 0 amide bonds. The summed E-state index contributed by atoms with van der Waals surface area (Å²) in [5, 5.41) is 10.2. The molecule has 1 atom stereocenters. The van der Waals surface area contributed by atoms with Crippen LogP contribution in [0, 0.1) is 6.92 Å². The van der Waals surface area contributed by atoms with Crippen molar-refractivity contribution in [2.45, 2.75) is 13.0 Å². The first-order chi connectivity index (χ1) is 12.8. The molecule has 0 N–H and O–H groups in total. The van der Waals surface area contributed by atoms with Crippen LogP contribution >= 0.6 is 0 Å². The highest BCUT2D eigenvalue weighted by Gasteiger charge is 2.14. The van der Waals surface area contributed by atoms with Crippen LogP contribution in [0.3, 0.4) is 0 Å². The van der Waals surface area contributed by atoms with E-state index in [1.807, 2.05) is 72.8 Å². The molecule has 4 aromatic rings. The summed E-state index contributed by atoms with van der Waals surface area (Å²) in [6.07, 6.45) is 1.78. The Labute approximate surface area is 152 Å². The first-order valence-electron chi connectivity index (χ1n) is 8.54. The fraction of sp³-hybridized carbons (Fsp3) is 0.0909. The molecule has 4 nitrogen and oxygen atoms in total. The molecular formula is C22H18N4. The highest BCUT2D eigenvalue weighted by atomic mass is 15.2. The summed E-state index contributed by atoms with van der Waals surface area (Å²) < 4.78 is 0. The number of hydrogen-bond donors (Lipinski definition) is 0. The van der Waals surface area contributed by atoms with Crippen molar-refractivity contribution < 1.29 is 0 Å². The topological polar surface area (TPSA) is 50.5 Å². The third kappa shape index (κ3) is 3.35. The van der Waals surface area contributed by atoms with Gasteiger partial charge in [-0.25, -0.2) is 4.98 Å². The lowest BCUT2D eigenvalue weighted by atomic mass is 10.0. The van der Waals surface area contributed by atoms with Crippen LogP contribution in [0.2, 0.25) is 0 Å². The molecule has 0 aliphatic rings. The standard InChI is InChI=1S/C22H18N4/c1-16-15-21(24-19-12-6-5-11-18(16)19)25-26-22(17-9-3-2-4-10-17)20-13-7-8-14-23-20/h2-15,22H,1H3. The van der Waals surface area contributed by atoms with Gasteiger partial charge in [-0.15, -0.1) is 5.11 Å². The number of benzene rings is 2. The van der Waals surface area contributed by atoms with E-state index in [9.17, 15) is 0 Å². The van der Waals surface area contributed by atoms with Crippen molar-refractivity contribution in [1.82, 2.24) is 9.97 Å². The van der Waals surface area contributed by atoms with E-state index in [2.05, 4.69) is 33.2 Å². The Bertz CT molecular complexity index is 1000. The van der Waals surface area contributed by atoms with E-state index in [0.717, 1.165) is 27.7 Å². The van der Waals surface area contributed by atoms with Gasteiger partial charge in [0.25, 0.3) is 0 Å².